The smallest absolute Gasteiger partial charge is 0.343 e. The topological polar surface area (TPSA) is 59.3 Å². The first-order valence-corrected chi connectivity index (χ1v) is 11.2. The van der Waals surface area contributed by atoms with Crippen LogP contribution >= 0.6 is 0 Å². The molecule has 0 radical (unpaired) electrons. The Morgan fingerprint density at radius 3 is 2.35 bits per heavy atom. The van der Waals surface area contributed by atoms with Crippen molar-refractivity contribution in [3.05, 3.63) is 59.4 Å². The van der Waals surface area contributed by atoms with Gasteiger partial charge in [0.15, 0.2) is 11.6 Å². The molecular formula is C26H30FNO3. The van der Waals surface area contributed by atoms with Crippen LogP contribution in [0.25, 0.3) is 0 Å². The molecule has 1 saturated carbocycles. The van der Waals surface area contributed by atoms with Crippen molar-refractivity contribution in [3.63, 3.8) is 0 Å². The van der Waals surface area contributed by atoms with Crippen molar-refractivity contribution in [2.24, 2.45) is 11.8 Å². The van der Waals surface area contributed by atoms with Crippen LogP contribution in [0.5, 0.6) is 11.5 Å². The third kappa shape index (κ3) is 6.82. The Morgan fingerprint density at radius 2 is 1.74 bits per heavy atom. The molecule has 0 unspecified atom stereocenters. The second kappa shape index (κ2) is 11.5. The summed E-state index contributed by atoms with van der Waals surface area (Å²) in [6.07, 6.45) is 10.4. The molecule has 0 spiro atoms. The zero-order chi connectivity index (χ0) is 22.1. The highest BCUT2D eigenvalue weighted by Crippen LogP contribution is 2.33. The first kappa shape index (κ1) is 22.8. The number of carbonyl (C=O) groups excluding carboxylic acids is 1. The summed E-state index contributed by atoms with van der Waals surface area (Å²) in [7, 11) is 0. The maximum Gasteiger partial charge on any atom is 0.343 e. The molecule has 0 aliphatic heterocycles. The molecule has 31 heavy (non-hydrogen) atoms. The SMILES string of the molecule is CCC[C@H]1CC[C@H](CCCOc2ccc(C(=O)Oc3ccc(C#N)cc3F)cc2)CC1. The van der Waals surface area contributed by atoms with Crippen LogP contribution in [0, 0.1) is 29.0 Å². The van der Waals surface area contributed by atoms with Crippen LogP contribution in [0.1, 0.15) is 74.2 Å². The van der Waals surface area contributed by atoms with Gasteiger partial charge in [0.2, 0.25) is 0 Å². The van der Waals surface area contributed by atoms with Gasteiger partial charge in [-0.1, -0.05) is 45.4 Å². The summed E-state index contributed by atoms with van der Waals surface area (Å²) in [6.45, 7) is 2.93. The Morgan fingerprint density at radius 1 is 1.06 bits per heavy atom. The Labute approximate surface area is 184 Å². The van der Waals surface area contributed by atoms with E-state index in [1.165, 1.54) is 57.1 Å². The summed E-state index contributed by atoms with van der Waals surface area (Å²) in [5.41, 5.74) is 0.475. The number of nitrogens with zero attached hydrogens (tertiary/aromatic N) is 1. The highest BCUT2D eigenvalue weighted by molar-refractivity contribution is 5.91. The molecule has 0 aromatic heterocycles. The van der Waals surface area contributed by atoms with Gasteiger partial charge < -0.3 is 9.47 Å². The van der Waals surface area contributed by atoms with Gasteiger partial charge in [-0.3, -0.25) is 0 Å². The van der Waals surface area contributed by atoms with Crippen LogP contribution in [0.3, 0.4) is 0 Å². The minimum absolute atomic E-state index is 0.169. The number of carbonyl (C=O) groups is 1. The summed E-state index contributed by atoms with van der Waals surface area (Å²) >= 11 is 0. The van der Waals surface area contributed by atoms with Crippen molar-refractivity contribution < 1.29 is 18.7 Å². The summed E-state index contributed by atoms with van der Waals surface area (Å²) < 4.78 is 24.8. The van der Waals surface area contributed by atoms with Gasteiger partial charge in [-0.15, -0.1) is 0 Å². The zero-order valence-electron chi connectivity index (χ0n) is 18.1. The summed E-state index contributed by atoms with van der Waals surface area (Å²) in [5.74, 6) is 0.869. The Bertz CT molecular complexity index is 896. The van der Waals surface area contributed by atoms with Crippen molar-refractivity contribution in [3.8, 4) is 17.6 Å². The molecule has 164 valence electrons. The van der Waals surface area contributed by atoms with Gasteiger partial charge in [0.05, 0.1) is 23.8 Å². The fourth-order valence-corrected chi connectivity index (χ4v) is 4.28. The van der Waals surface area contributed by atoms with E-state index < -0.39 is 11.8 Å². The minimum Gasteiger partial charge on any atom is -0.494 e. The van der Waals surface area contributed by atoms with E-state index in [4.69, 9.17) is 14.7 Å². The van der Waals surface area contributed by atoms with Gasteiger partial charge in [-0.05, 0) is 67.1 Å². The summed E-state index contributed by atoms with van der Waals surface area (Å²) in [5, 5.41) is 8.77. The van der Waals surface area contributed by atoms with E-state index >= 15 is 0 Å². The molecule has 0 N–H and O–H groups in total. The second-order valence-electron chi connectivity index (χ2n) is 8.34. The standard InChI is InChI=1S/C26H30FNO3/c1-2-4-19-6-8-20(9-7-19)5-3-16-30-23-13-11-22(12-14-23)26(29)31-25-15-10-21(18-28)17-24(25)27/h10-15,17,19-20H,2-9,16H2,1H3/t19-,20-. The maximum atomic E-state index is 13.9. The van der Waals surface area contributed by atoms with Gasteiger partial charge in [0.25, 0.3) is 0 Å². The molecule has 0 bridgehead atoms. The Balaban J connectivity index is 1.40. The van der Waals surface area contributed by atoms with E-state index in [0.717, 1.165) is 24.3 Å². The molecule has 0 amide bonds. The van der Waals surface area contributed by atoms with Crippen LogP contribution in [0.2, 0.25) is 0 Å². The molecule has 4 nitrogen and oxygen atoms in total. The average molecular weight is 424 g/mol. The fourth-order valence-electron chi connectivity index (χ4n) is 4.28. The lowest BCUT2D eigenvalue weighted by Crippen LogP contribution is -2.15. The normalized spacial score (nSPS) is 18.2. The average Bonchev–Trinajstić information content (AvgIpc) is 2.79. The Hall–Kier alpha value is -2.87. The van der Waals surface area contributed by atoms with E-state index in [-0.39, 0.29) is 11.3 Å². The van der Waals surface area contributed by atoms with Crippen LogP contribution < -0.4 is 9.47 Å². The van der Waals surface area contributed by atoms with Crippen molar-refractivity contribution in [2.75, 3.05) is 6.61 Å². The predicted molar refractivity (Wildman–Crippen MR) is 118 cm³/mol. The molecule has 5 heteroatoms. The molecule has 1 aliphatic rings. The number of halogens is 1. The zero-order valence-corrected chi connectivity index (χ0v) is 18.1. The molecule has 0 atom stereocenters. The molecule has 2 aromatic carbocycles. The van der Waals surface area contributed by atoms with Crippen LogP contribution in [0.4, 0.5) is 4.39 Å². The van der Waals surface area contributed by atoms with Crippen molar-refractivity contribution in [1.82, 2.24) is 0 Å². The number of hydrogen-bond donors (Lipinski definition) is 0. The summed E-state index contributed by atoms with van der Waals surface area (Å²) in [6, 6.07) is 12.2. The first-order valence-electron chi connectivity index (χ1n) is 11.2. The van der Waals surface area contributed by atoms with E-state index in [1.807, 2.05) is 6.07 Å². The molecule has 1 fully saturated rings. The highest BCUT2D eigenvalue weighted by Gasteiger charge is 2.20. The van der Waals surface area contributed by atoms with E-state index in [2.05, 4.69) is 6.92 Å². The van der Waals surface area contributed by atoms with Gasteiger partial charge in [0, 0.05) is 0 Å². The van der Waals surface area contributed by atoms with Crippen LogP contribution in [0.15, 0.2) is 42.5 Å². The highest BCUT2D eigenvalue weighted by atomic mass is 19.1. The van der Waals surface area contributed by atoms with Crippen molar-refractivity contribution in [1.29, 1.82) is 5.26 Å². The number of benzene rings is 2. The van der Waals surface area contributed by atoms with E-state index in [1.54, 1.807) is 24.3 Å². The monoisotopic (exact) mass is 423 g/mol. The van der Waals surface area contributed by atoms with Gasteiger partial charge >= 0.3 is 5.97 Å². The number of hydrogen-bond acceptors (Lipinski definition) is 4. The van der Waals surface area contributed by atoms with E-state index in [9.17, 15) is 9.18 Å². The number of esters is 1. The number of ether oxygens (including phenoxy) is 2. The number of nitriles is 1. The van der Waals surface area contributed by atoms with Crippen LogP contribution in [-0.4, -0.2) is 12.6 Å². The van der Waals surface area contributed by atoms with Crippen LogP contribution in [-0.2, 0) is 0 Å². The first-order chi connectivity index (χ1) is 15.1. The molecule has 2 aromatic rings. The lowest BCUT2D eigenvalue weighted by atomic mass is 9.78. The molecule has 1 aliphatic carbocycles. The maximum absolute atomic E-state index is 13.9. The fraction of sp³-hybridized carbons (Fsp3) is 0.462. The van der Waals surface area contributed by atoms with Gasteiger partial charge in [-0.25, -0.2) is 9.18 Å². The van der Waals surface area contributed by atoms with E-state index in [0.29, 0.717) is 17.9 Å². The molecule has 0 heterocycles. The lowest BCUT2D eigenvalue weighted by Gasteiger charge is -2.28. The Kier molecular flexibility index (Phi) is 8.46. The quantitative estimate of drug-likeness (QED) is 0.256. The number of rotatable bonds is 9. The van der Waals surface area contributed by atoms with Gasteiger partial charge in [-0.2, -0.15) is 5.26 Å². The minimum atomic E-state index is -0.744. The van der Waals surface area contributed by atoms with Crippen molar-refractivity contribution >= 4 is 5.97 Å². The lowest BCUT2D eigenvalue weighted by molar-refractivity contribution is 0.0728. The second-order valence-corrected chi connectivity index (χ2v) is 8.34. The predicted octanol–water partition coefficient (Wildman–Crippen LogP) is 6.68. The third-order valence-corrected chi connectivity index (χ3v) is 6.04. The third-order valence-electron chi connectivity index (χ3n) is 6.04. The van der Waals surface area contributed by atoms with Crippen molar-refractivity contribution in [2.45, 2.75) is 58.3 Å². The van der Waals surface area contributed by atoms with Gasteiger partial charge in [0.1, 0.15) is 5.75 Å². The molecule has 0 saturated heterocycles. The molecular weight excluding hydrogens is 393 g/mol. The summed E-state index contributed by atoms with van der Waals surface area (Å²) in [4.78, 5) is 12.2. The largest absolute Gasteiger partial charge is 0.494 e. The molecule has 3 rings (SSSR count).